The Kier molecular flexibility index (Phi) is 2.85. The lowest BCUT2D eigenvalue weighted by molar-refractivity contribution is 0.0999. The summed E-state index contributed by atoms with van der Waals surface area (Å²) in [5.41, 5.74) is 10.7. The van der Waals surface area contributed by atoms with Gasteiger partial charge in [0.1, 0.15) is 0 Å². The Balaban J connectivity index is 3.24. The van der Waals surface area contributed by atoms with Crippen LogP contribution in [0.3, 0.4) is 0 Å². The first-order valence-electron chi connectivity index (χ1n) is 3.88. The van der Waals surface area contributed by atoms with E-state index >= 15 is 0 Å². The van der Waals surface area contributed by atoms with Crippen LogP contribution in [0.4, 0.5) is 5.69 Å². The highest BCUT2D eigenvalue weighted by Crippen LogP contribution is 2.22. The number of carbonyl (C=O) groups is 1. The van der Waals surface area contributed by atoms with Crippen molar-refractivity contribution in [3.63, 3.8) is 0 Å². The van der Waals surface area contributed by atoms with Gasteiger partial charge in [-0.2, -0.15) is 8.42 Å². The van der Waals surface area contributed by atoms with Crippen molar-refractivity contribution in [1.82, 2.24) is 0 Å². The summed E-state index contributed by atoms with van der Waals surface area (Å²) in [5, 5.41) is 0. The monoisotopic (exact) mass is 230 g/mol. The quantitative estimate of drug-likeness (QED) is 0.547. The highest BCUT2D eigenvalue weighted by Gasteiger charge is 2.13. The molecule has 0 aliphatic heterocycles. The van der Waals surface area contributed by atoms with Crippen LogP contribution in [0.25, 0.3) is 0 Å². The molecule has 82 valence electrons. The molecule has 0 heterocycles. The summed E-state index contributed by atoms with van der Waals surface area (Å²) in [6.45, 7) is 0. The Morgan fingerprint density at radius 2 is 2.00 bits per heavy atom. The summed E-state index contributed by atoms with van der Waals surface area (Å²) in [6.07, 6.45) is 0.869. The van der Waals surface area contributed by atoms with Gasteiger partial charge in [0.2, 0.25) is 0 Å². The van der Waals surface area contributed by atoms with Gasteiger partial charge in [-0.3, -0.25) is 4.79 Å². The van der Waals surface area contributed by atoms with Crippen molar-refractivity contribution in [1.29, 1.82) is 0 Å². The molecule has 0 radical (unpaired) electrons. The molecule has 4 N–H and O–H groups in total. The van der Waals surface area contributed by atoms with Gasteiger partial charge in [0.15, 0.2) is 5.75 Å². The van der Waals surface area contributed by atoms with E-state index in [9.17, 15) is 13.2 Å². The van der Waals surface area contributed by atoms with Gasteiger partial charge in [0.25, 0.3) is 5.91 Å². The molecule has 0 saturated carbocycles. The first-order chi connectivity index (χ1) is 6.79. The van der Waals surface area contributed by atoms with Crippen molar-refractivity contribution in [3.05, 3.63) is 23.8 Å². The van der Waals surface area contributed by atoms with E-state index in [2.05, 4.69) is 4.18 Å². The second-order valence-electron chi connectivity index (χ2n) is 2.91. The number of benzene rings is 1. The number of hydrogen-bond acceptors (Lipinski definition) is 5. The molecule has 15 heavy (non-hydrogen) atoms. The summed E-state index contributed by atoms with van der Waals surface area (Å²) < 4.78 is 26.3. The third-order valence-electron chi connectivity index (χ3n) is 1.51. The zero-order valence-electron chi connectivity index (χ0n) is 7.93. The van der Waals surface area contributed by atoms with Crippen LogP contribution in [0.2, 0.25) is 0 Å². The second kappa shape index (κ2) is 3.77. The number of rotatable bonds is 3. The van der Waals surface area contributed by atoms with Gasteiger partial charge in [0, 0.05) is 5.69 Å². The van der Waals surface area contributed by atoms with E-state index in [1.54, 1.807) is 0 Å². The fourth-order valence-electron chi connectivity index (χ4n) is 0.976. The predicted molar refractivity (Wildman–Crippen MR) is 54.8 cm³/mol. The minimum Gasteiger partial charge on any atom is -0.399 e. The first-order valence-corrected chi connectivity index (χ1v) is 5.70. The van der Waals surface area contributed by atoms with Crippen LogP contribution in [0.1, 0.15) is 10.4 Å². The third-order valence-corrected chi connectivity index (χ3v) is 1.99. The maximum absolute atomic E-state index is 11.0. The summed E-state index contributed by atoms with van der Waals surface area (Å²) in [5.74, 6) is -0.930. The van der Waals surface area contributed by atoms with Gasteiger partial charge in [-0.1, -0.05) is 0 Å². The lowest BCUT2D eigenvalue weighted by Gasteiger charge is -2.07. The summed E-state index contributed by atoms with van der Waals surface area (Å²) in [6, 6.07) is 3.94. The minimum absolute atomic E-state index is 0.0691. The smallest absolute Gasteiger partial charge is 0.306 e. The zero-order valence-corrected chi connectivity index (χ0v) is 8.74. The third kappa shape index (κ3) is 3.13. The maximum atomic E-state index is 11.0. The molecular weight excluding hydrogens is 220 g/mol. The highest BCUT2D eigenvalue weighted by atomic mass is 32.2. The van der Waals surface area contributed by atoms with Crippen molar-refractivity contribution in [2.24, 2.45) is 5.73 Å². The van der Waals surface area contributed by atoms with Crippen molar-refractivity contribution in [3.8, 4) is 5.75 Å². The average Bonchev–Trinajstić information content (AvgIpc) is 2.05. The molecule has 0 aliphatic carbocycles. The Labute approximate surface area is 87.0 Å². The normalized spacial score (nSPS) is 11.0. The molecule has 0 unspecified atom stereocenters. The molecule has 0 spiro atoms. The van der Waals surface area contributed by atoms with Crippen molar-refractivity contribution >= 4 is 21.7 Å². The standard InChI is InChI=1S/C8H10N2O4S/c1-15(12,13)14-7-3-2-5(9)4-6(7)8(10)11/h2-4H,9H2,1H3,(H2,10,11). The fraction of sp³-hybridized carbons (Fsp3) is 0.125. The van der Waals surface area contributed by atoms with Gasteiger partial charge >= 0.3 is 10.1 Å². The first kappa shape index (κ1) is 11.3. The number of nitrogens with two attached hydrogens (primary N) is 2. The molecule has 0 fully saturated rings. The molecule has 0 atom stereocenters. The molecule has 0 bridgehead atoms. The minimum atomic E-state index is -3.69. The van der Waals surface area contributed by atoms with Crippen LogP contribution in [0.15, 0.2) is 18.2 Å². The molecule has 1 aromatic carbocycles. The number of anilines is 1. The van der Waals surface area contributed by atoms with E-state index in [0.717, 1.165) is 6.26 Å². The Morgan fingerprint density at radius 3 is 2.47 bits per heavy atom. The van der Waals surface area contributed by atoms with Crippen LogP contribution in [0.5, 0.6) is 5.75 Å². The van der Waals surface area contributed by atoms with Gasteiger partial charge in [-0.25, -0.2) is 0 Å². The maximum Gasteiger partial charge on any atom is 0.306 e. The van der Waals surface area contributed by atoms with Crippen molar-refractivity contribution in [2.45, 2.75) is 0 Å². The van der Waals surface area contributed by atoms with E-state index in [0.29, 0.717) is 5.69 Å². The number of carbonyl (C=O) groups excluding carboxylic acids is 1. The summed E-state index contributed by atoms with van der Waals surface area (Å²) >= 11 is 0. The lowest BCUT2D eigenvalue weighted by Crippen LogP contribution is -2.15. The number of nitrogen functional groups attached to an aromatic ring is 1. The van der Waals surface area contributed by atoms with E-state index in [4.69, 9.17) is 11.5 Å². The van der Waals surface area contributed by atoms with Crippen LogP contribution >= 0.6 is 0 Å². The fourth-order valence-corrected chi connectivity index (χ4v) is 1.45. The molecular formula is C8H10N2O4S. The molecule has 1 amide bonds. The molecule has 6 nitrogen and oxygen atoms in total. The lowest BCUT2D eigenvalue weighted by atomic mass is 10.2. The molecule has 1 rings (SSSR count). The molecule has 1 aromatic rings. The molecule has 0 aromatic heterocycles. The highest BCUT2D eigenvalue weighted by molar-refractivity contribution is 7.86. The average molecular weight is 230 g/mol. The zero-order chi connectivity index (χ0) is 11.6. The largest absolute Gasteiger partial charge is 0.399 e. The molecule has 7 heteroatoms. The number of amides is 1. The van der Waals surface area contributed by atoms with Gasteiger partial charge in [0.05, 0.1) is 11.8 Å². The Hall–Kier alpha value is -1.76. The Morgan fingerprint density at radius 1 is 1.40 bits per heavy atom. The van der Waals surface area contributed by atoms with Crippen molar-refractivity contribution < 1.29 is 17.4 Å². The van der Waals surface area contributed by atoms with Crippen LogP contribution < -0.4 is 15.7 Å². The number of primary amides is 1. The van der Waals surface area contributed by atoms with E-state index in [1.807, 2.05) is 0 Å². The van der Waals surface area contributed by atoms with Crippen molar-refractivity contribution in [2.75, 3.05) is 12.0 Å². The molecule has 0 aliphatic rings. The Bertz CT molecular complexity index is 495. The van der Waals surface area contributed by atoms with E-state index < -0.39 is 16.0 Å². The van der Waals surface area contributed by atoms with E-state index in [-0.39, 0.29) is 11.3 Å². The summed E-state index contributed by atoms with van der Waals surface area (Å²) in [4.78, 5) is 11.0. The predicted octanol–water partition coefficient (Wildman–Crippen LogP) is -0.294. The van der Waals surface area contributed by atoms with Crippen LogP contribution in [0, 0.1) is 0 Å². The number of hydrogen-bond donors (Lipinski definition) is 2. The summed E-state index contributed by atoms with van der Waals surface area (Å²) in [7, 11) is -3.69. The van der Waals surface area contributed by atoms with Crippen LogP contribution in [-0.2, 0) is 10.1 Å². The van der Waals surface area contributed by atoms with Gasteiger partial charge in [-0.05, 0) is 18.2 Å². The SMILES string of the molecule is CS(=O)(=O)Oc1ccc(N)cc1C(N)=O. The topological polar surface area (TPSA) is 112 Å². The van der Waals surface area contributed by atoms with E-state index in [1.165, 1.54) is 18.2 Å². The van der Waals surface area contributed by atoms with Crippen LogP contribution in [-0.4, -0.2) is 20.6 Å². The van der Waals surface area contributed by atoms with Gasteiger partial charge in [-0.15, -0.1) is 0 Å². The molecule has 0 saturated heterocycles. The van der Waals surface area contributed by atoms with Gasteiger partial charge < -0.3 is 15.7 Å². The second-order valence-corrected chi connectivity index (χ2v) is 4.48.